The molecule has 7 aromatic carbocycles. The molecule has 12 aromatic rings. The molecule has 14 N–H and O–H groups in total. The Kier molecular flexibility index (Phi) is 53.1. The normalized spacial score (nSPS) is 12.0. The van der Waals surface area contributed by atoms with Crippen LogP contribution in [0.25, 0.3) is 10.4 Å². The fourth-order valence-electron chi connectivity index (χ4n) is 13.5. The summed E-state index contributed by atoms with van der Waals surface area (Å²) in [7, 11) is 0. The van der Waals surface area contributed by atoms with E-state index < -0.39 is 111 Å². The number of aromatic nitrogens is 5. The third-order valence-electron chi connectivity index (χ3n) is 21.1. The van der Waals surface area contributed by atoms with Crippen LogP contribution >= 0.6 is 109 Å². The Morgan fingerprint density at radius 1 is 0.445 bits per heavy atom. The molecule has 146 heavy (non-hydrogen) atoms. The first-order chi connectivity index (χ1) is 68.1. The van der Waals surface area contributed by atoms with Crippen LogP contribution in [0.5, 0.6) is 0 Å². The Balaban J connectivity index is 0.000000361. The molecule has 6 atom stereocenters. The van der Waals surface area contributed by atoms with Crippen molar-refractivity contribution in [1.82, 2.24) is 35.6 Å². The molecule has 26 nitrogen and oxygen atoms in total. The van der Waals surface area contributed by atoms with E-state index in [1.807, 2.05) is 54.8 Å². The summed E-state index contributed by atoms with van der Waals surface area (Å²) in [5.74, 6) is -7.05. The molecule has 0 saturated heterocycles. The Bertz CT molecular complexity index is 6450. The zero-order chi connectivity index (χ0) is 107. The van der Waals surface area contributed by atoms with Crippen molar-refractivity contribution in [2.75, 3.05) is 23.8 Å². The summed E-state index contributed by atoms with van der Waals surface area (Å²) in [5.41, 5.74) is 24.8. The number of aliphatic hydroxyl groups is 3. The average molecular weight is 2230 g/mol. The van der Waals surface area contributed by atoms with Crippen LogP contribution in [0.15, 0.2) is 194 Å². The second kappa shape index (κ2) is 60.9. The van der Waals surface area contributed by atoms with Crippen molar-refractivity contribution < 1.29 is 113 Å². The number of anilines is 3. The number of alkyl halides is 1. The number of nitrogen functional groups attached to an aromatic ring is 3. The fourth-order valence-corrected chi connectivity index (χ4v) is 15.4. The second-order valence-electron chi connectivity index (χ2n) is 32.5. The van der Waals surface area contributed by atoms with Crippen LogP contribution in [0.3, 0.4) is 0 Å². The van der Waals surface area contributed by atoms with Gasteiger partial charge in [0.25, 0.3) is 0 Å². The summed E-state index contributed by atoms with van der Waals surface area (Å²) >= 11 is 50.2. The van der Waals surface area contributed by atoms with Crippen molar-refractivity contribution in [2.24, 2.45) is 5.11 Å². The number of aliphatic hydroxyl groups excluding tert-OH is 3. The Hall–Kier alpha value is -11.2. The number of pyridine rings is 5. The molecular formula is C103H103BrCl8F7LiN13O13+. The van der Waals surface area contributed by atoms with Crippen molar-refractivity contribution >= 4 is 179 Å². The van der Waals surface area contributed by atoms with Gasteiger partial charge in [-0.25, -0.2) is 50.7 Å². The van der Waals surface area contributed by atoms with Gasteiger partial charge in [-0.1, -0.05) is 187 Å². The van der Waals surface area contributed by atoms with Gasteiger partial charge >= 0.3 is 24.8 Å². The zero-order valence-corrected chi connectivity index (χ0v) is 88.4. The Labute approximate surface area is 899 Å². The number of halogens is 16. The van der Waals surface area contributed by atoms with Gasteiger partial charge in [-0.15, -0.1) is 6.42 Å². The SMILES string of the molecule is CCC(Br)c1ccc(Cl)c(C(=O)c2ccc(N)nc2)c1F.CCC(NC(C)(C)C[C-]=O)c1ccc(Cl)c(C(=O)c2ccc(N)nc2)c1F.CCC(O)c1ccc(Cl)c(C(=O)c2ccc(Cl)nc2)c1F.CCC(O)c1ccc(Cl)c(C(=O)c2ccc(N=[N+]=[N-])nc2)c1F.CCC(O)c1ccc(Cl)cc1F.CCOC(=O)CC(C)(C)NC(CC)c1ccc(Cl)c(C(=O)c2ccc(N)nc2)c1F.O=Cc1ccc(Cl)cc1F.[Li+].[OH3+]. The van der Waals surface area contributed by atoms with Crippen LogP contribution in [0.4, 0.5) is 54.0 Å². The van der Waals surface area contributed by atoms with Gasteiger partial charge in [0.2, 0.25) is 0 Å². The minimum absolute atomic E-state index is 0. The number of aldehydes is 1. The van der Waals surface area contributed by atoms with E-state index in [9.17, 15) is 75.6 Å². The predicted octanol–water partition coefficient (Wildman–Crippen LogP) is 23.0. The van der Waals surface area contributed by atoms with E-state index in [4.69, 9.17) is 120 Å². The summed E-state index contributed by atoms with van der Waals surface area (Å²) in [6, 6.07) is 36.5. The minimum atomic E-state index is -1.02. The first-order valence-electron chi connectivity index (χ1n) is 44.1. The van der Waals surface area contributed by atoms with Gasteiger partial charge in [0, 0.05) is 130 Å². The molecule has 12 rings (SSSR count). The predicted molar refractivity (Wildman–Crippen MR) is 555 cm³/mol. The average Bonchev–Trinajstić information content (AvgIpc) is 0.779. The van der Waals surface area contributed by atoms with Gasteiger partial charge in [-0.2, -0.15) is 0 Å². The van der Waals surface area contributed by atoms with Crippen LogP contribution in [0.2, 0.25) is 40.3 Å². The van der Waals surface area contributed by atoms with Crippen LogP contribution in [-0.2, 0) is 19.8 Å². The molecule has 0 radical (unpaired) electrons. The zero-order valence-electron chi connectivity index (χ0n) is 80.8. The molecule has 0 aliphatic heterocycles. The van der Waals surface area contributed by atoms with Gasteiger partial charge in [0.05, 0.1) is 89.8 Å². The molecular weight excluding hydrogens is 2130 g/mol. The van der Waals surface area contributed by atoms with Gasteiger partial charge in [0.15, 0.2) is 35.2 Å². The first kappa shape index (κ1) is 127. The largest absolute Gasteiger partial charge is 1.00 e. The Morgan fingerprint density at radius 3 is 1.08 bits per heavy atom. The number of nitrogens with one attached hydrogen (secondary N) is 2. The van der Waals surface area contributed by atoms with Crippen molar-refractivity contribution in [2.45, 2.75) is 174 Å². The molecule has 5 aromatic heterocycles. The number of ether oxygens (including phenoxy) is 1. The fraction of sp³-hybridized carbons (Fsp3) is 0.272. The number of carbonyl (C=O) groups is 7. The third kappa shape index (κ3) is 36.1. The van der Waals surface area contributed by atoms with Gasteiger partial charge in [-0.3, -0.25) is 44.8 Å². The first-order valence-corrected chi connectivity index (χ1v) is 48.0. The second-order valence-corrected chi connectivity index (χ2v) is 36.9. The van der Waals surface area contributed by atoms with E-state index in [0.29, 0.717) is 89.5 Å². The smallest absolute Gasteiger partial charge is 0.542 e. The molecule has 0 amide bonds. The number of benzene rings is 7. The number of rotatable bonds is 33. The quantitative estimate of drug-likeness (QED) is 0.00154. The standard InChI is InChI=1S/C22H27ClFN3O3.C20H22ClFN3O2.C15H13BrClFN2O.C15H12Cl2FNO2.C15H12ClFN4O2.C9H10ClFO.C7H4ClFO.Li.H2O/c1-5-16(27-22(3,4)11-18(28)30-6-2)14-8-9-15(23)19(20(14)24)21(29)13-7-10-17(25)26-12-13;1-4-15(25-20(2,3)9-10-26)13-6-7-14(21)17(18(13)22)19(27)12-5-8-16(23)24-11-12;1-2-10(16)9-4-5-11(17)13(14(9)18)15(21)8-3-6-12(19)20-7-8;1-2-11(20)9-4-5-10(16)13(14(9)18)15(21)8-3-6-12(17)19-7-8;1-2-11(22)9-4-5-10(16)13(14(9)17)15(23)8-3-6-12(19-7-8)20-21-18;1-2-9(12)7-4-3-6(10)5-8(7)11;8-6-2-1-5(4-10)7(9)3-6;;/h7-10,12,16,27H,5-6,11H2,1-4H3,(H2,25,26);5-8,11,15,25H,4,9H2,1-3H3,(H2,23,24);3-7,10H,2H2,1H3,(H2,19,20);3-7,11,20H,2H2,1H3;3-7,11,22H,2H2,1H3;3-5,9,12H,2H2,1H3;1-4H;;1H2/q;-1;;;;;;+1;/p+1. The van der Waals surface area contributed by atoms with Gasteiger partial charge in [-0.05, 0) is 211 Å². The molecule has 0 saturated carbocycles. The van der Waals surface area contributed by atoms with E-state index in [-0.39, 0.29) is 168 Å². The monoisotopic (exact) mass is 2230 g/mol. The summed E-state index contributed by atoms with van der Waals surface area (Å²) in [6.07, 6.45) is 9.06. The molecule has 0 fully saturated rings. The molecule has 770 valence electrons. The van der Waals surface area contributed by atoms with Gasteiger partial charge in [0.1, 0.15) is 69.1 Å². The van der Waals surface area contributed by atoms with E-state index in [2.05, 4.69) is 61.5 Å². The summed E-state index contributed by atoms with van der Waals surface area (Å²) in [4.78, 5) is 117. The summed E-state index contributed by atoms with van der Waals surface area (Å²) < 4.78 is 105. The van der Waals surface area contributed by atoms with Crippen molar-refractivity contribution in [1.29, 1.82) is 0 Å². The van der Waals surface area contributed by atoms with E-state index >= 15 is 8.78 Å². The number of carbonyl (C=O) groups excluding carboxylic acids is 8. The van der Waals surface area contributed by atoms with Crippen molar-refractivity contribution in [3.8, 4) is 0 Å². The number of ketones is 5. The van der Waals surface area contributed by atoms with E-state index in [1.54, 1.807) is 52.0 Å². The van der Waals surface area contributed by atoms with Crippen LogP contribution in [-0.4, -0.2) is 105 Å². The molecule has 6 unspecified atom stereocenters. The molecule has 0 aliphatic carbocycles. The van der Waals surface area contributed by atoms with Crippen molar-refractivity contribution in [3.05, 3.63) is 375 Å². The van der Waals surface area contributed by atoms with Gasteiger partial charge < -0.3 is 58.2 Å². The Morgan fingerprint density at radius 2 is 0.767 bits per heavy atom. The molecule has 0 spiro atoms. The molecule has 0 aliphatic rings. The number of nitrogens with two attached hydrogens (primary N) is 3. The van der Waals surface area contributed by atoms with Crippen molar-refractivity contribution in [3.63, 3.8) is 0 Å². The maximum Gasteiger partial charge on any atom is 1.00 e. The molecule has 43 heteroatoms. The molecule has 0 bridgehead atoms. The number of azide groups is 1. The molecule has 5 heterocycles. The number of hydrogen-bond donors (Lipinski definition) is 8. The van der Waals surface area contributed by atoms with Crippen LogP contribution < -0.4 is 46.7 Å². The summed E-state index contributed by atoms with van der Waals surface area (Å²) in [5, 5.41) is 39.7. The number of nitrogens with zero attached hydrogens (tertiary/aromatic N) is 8. The maximum absolute atomic E-state index is 15.5. The maximum atomic E-state index is 15.5. The number of hydrogen-bond acceptors (Lipinski definition) is 23. The van der Waals surface area contributed by atoms with Crippen LogP contribution in [0.1, 0.15) is 286 Å². The van der Waals surface area contributed by atoms with E-state index in [1.165, 1.54) is 158 Å². The number of esters is 1. The third-order valence-corrected chi connectivity index (χ3v) is 24.5. The topological polar surface area (TPSA) is 455 Å². The van der Waals surface area contributed by atoms with E-state index in [0.717, 1.165) is 6.07 Å². The summed E-state index contributed by atoms with van der Waals surface area (Å²) in [6.45, 7) is 20.3. The van der Waals surface area contributed by atoms with Crippen LogP contribution in [0, 0.1) is 40.7 Å². The minimum Gasteiger partial charge on any atom is -0.542 e.